The van der Waals surface area contributed by atoms with Gasteiger partial charge in [-0.25, -0.2) is 14.0 Å². The number of nitrogens with one attached hydrogen (secondary N) is 1. The molecule has 4 aromatic rings. The van der Waals surface area contributed by atoms with Gasteiger partial charge in [0.15, 0.2) is 5.78 Å². The van der Waals surface area contributed by atoms with Crippen LogP contribution in [0.4, 0.5) is 4.39 Å². The average Bonchev–Trinajstić information content (AvgIpc) is 3.48. The molecule has 0 unspecified atom stereocenters. The Balaban J connectivity index is 1.87. The SMILES string of the molecule is COC(=O)C[C@H](O)CC(=O)C=Cc1c(-c2ccc(F)cc2)c(-c2ccccc2)c(C(=O)NCc2ccc(C(=O)OC)c(C(=O)OC)c2)n1C(C)C. The maximum atomic E-state index is 14.4. The Bertz CT molecular complexity index is 1950. The lowest BCUT2D eigenvalue weighted by Gasteiger charge is -2.17. The number of ketones is 1. The van der Waals surface area contributed by atoms with Crippen LogP contribution in [0.1, 0.15) is 75.2 Å². The maximum absolute atomic E-state index is 14.4. The van der Waals surface area contributed by atoms with E-state index in [4.69, 9.17) is 9.47 Å². The minimum Gasteiger partial charge on any atom is -0.469 e. The Kier molecular flexibility index (Phi) is 12.8. The van der Waals surface area contributed by atoms with Crippen LogP contribution in [0.5, 0.6) is 0 Å². The van der Waals surface area contributed by atoms with Crippen molar-refractivity contribution in [1.29, 1.82) is 0 Å². The van der Waals surface area contributed by atoms with E-state index in [0.717, 1.165) is 0 Å². The highest BCUT2D eigenvalue weighted by atomic mass is 19.1. The molecule has 4 rings (SSSR count). The fourth-order valence-corrected chi connectivity index (χ4v) is 5.68. The van der Waals surface area contributed by atoms with Gasteiger partial charge in [0, 0.05) is 30.1 Å². The summed E-state index contributed by atoms with van der Waals surface area (Å²) in [6, 6.07) is 19.0. The highest BCUT2D eigenvalue weighted by molar-refractivity contribution is 6.07. The van der Waals surface area contributed by atoms with Gasteiger partial charge in [0.1, 0.15) is 11.5 Å². The Labute approximate surface area is 294 Å². The summed E-state index contributed by atoms with van der Waals surface area (Å²) in [4.78, 5) is 63.8. The number of aromatic nitrogens is 1. The number of halogens is 1. The summed E-state index contributed by atoms with van der Waals surface area (Å²) in [7, 11) is 3.57. The topological polar surface area (TPSA) is 150 Å². The molecule has 1 aromatic heterocycles. The largest absolute Gasteiger partial charge is 0.469 e. The Hall–Kier alpha value is -5.88. The van der Waals surface area contributed by atoms with Crippen molar-refractivity contribution in [3.05, 3.63) is 113 Å². The van der Waals surface area contributed by atoms with Crippen molar-refractivity contribution in [2.75, 3.05) is 21.3 Å². The fraction of sp³-hybridized carbons (Fsp3) is 0.256. The van der Waals surface area contributed by atoms with Crippen molar-refractivity contribution < 1.29 is 47.7 Å². The number of amides is 1. The molecule has 0 aliphatic heterocycles. The predicted molar refractivity (Wildman–Crippen MR) is 187 cm³/mol. The molecule has 51 heavy (non-hydrogen) atoms. The van der Waals surface area contributed by atoms with Crippen LogP contribution in [0.25, 0.3) is 28.3 Å². The first kappa shape index (κ1) is 37.9. The quantitative estimate of drug-likeness (QED) is 0.0927. The lowest BCUT2D eigenvalue weighted by Crippen LogP contribution is -2.27. The van der Waals surface area contributed by atoms with Gasteiger partial charge in [-0.1, -0.05) is 48.5 Å². The minimum absolute atomic E-state index is 0.00667. The van der Waals surface area contributed by atoms with E-state index in [1.54, 1.807) is 28.8 Å². The molecule has 3 aromatic carbocycles. The lowest BCUT2D eigenvalue weighted by molar-refractivity contribution is -0.143. The number of hydrogen-bond donors (Lipinski definition) is 2. The number of hydrogen-bond acceptors (Lipinski definition) is 9. The van der Waals surface area contributed by atoms with Crippen molar-refractivity contribution in [2.24, 2.45) is 0 Å². The highest BCUT2D eigenvalue weighted by Gasteiger charge is 2.30. The van der Waals surface area contributed by atoms with E-state index in [9.17, 15) is 33.5 Å². The first-order chi connectivity index (χ1) is 24.4. The summed E-state index contributed by atoms with van der Waals surface area (Å²) in [6.45, 7) is 3.69. The number of esters is 3. The van der Waals surface area contributed by atoms with Crippen molar-refractivity contribution in [3.8, 4) is 22.3 Å². The molecule has 1 heterocycles. The molecule has 266 valence electrons. The van der Waals surface area contributed by atoms with Gasteiger partial charge in [0.25, 0.3) is 5.91 Å². The van der Waals surface area contributed by atoms with Crippen LogP contribution < -0.4 is 5.32 Å². The Morgan fingerprint density at radius 3 is 2.04 bits per heavy atom. The van der Waals surface area contributed by atoms with Gasteiger partial charge < -0.3 is 29.2 Å². The van der Waals surface area contributed by atoms with Gasteiger partial charge in [0.05, 0.1) is 50.7 Å². The van der Waals surface area contributed by atoms with Gasteiger partial charge in [-0.05, 0) is 67.0 Å². The van der Waals surface area contributed by atoms with E-state index in [-0.39, 0.29) is 42.2 Å². The van der Waals surface area contributed by atoms with Gasteiger partial charge in [0.2, 0.25) is 0 Å². The van der Waals surface area contributed by atoms with Crippen LogP contribution in [0.3, 0.4) is 0 Å². The molecule has 0 aliphatic rings. The molecule has 0 fully saturated rings. The van der Waals surface area contributed by atoms with E-state index in [0.29, 0.717) is 33.5 Å². The molecular formula is C39H39FN2O9. The molecule has 0 aliphatic carbocycles. The maximum Gasteiger partial charge on any atom is 0.338 e. The Morgan fingerprint density at radius 1 is 0.804 bits per heavy atom. The van der Waals surface area contributed by atoms with Crippen LogP contribution in [0.15, 0.2) is 78.9 Å². The smallest absolute Gasteiger partial charge is 0.338 e. The van der Waals surface area contributed by atoms with Crippen LogP contribution in [0.2, 0.25) is 0 Å². The molecule has 2 N–H and O–H groups in total. The van der Waals surface area contributed by atoms with Gasteiger partial charge in [-0.3, -0.25) is 14.4 Å². The summed E-state index contributed by atoms with van der Waals surface area (Å²) in [5.41, 5.74) is 3.49. The molecule has 0 saturated carbocycles. The van der Waals surface area contributed by atoms with E-state index < -0.39 is 41.5 Å². The zero-order chi connectivity index (χ0) is 37.2. The normalized spacial score (nSPS) is 11.7. The van der Waals surface area contributed by atoms with Crippen molar-refractivity contribution in [2.45, 2.75) is 45.4 Å². The van der Waals surface area contributed by atoms with E-state index in [2.05, 4.69) is 10.1 Å². The third kappa shape index (κ3) is 9.03. The van der Waals surface area contributed by atoms with Gasteiger partial charge >= 0.3 is 17.9 Å². The summed E-state index contributed by atoms with van der Waals surface area (Å²) >= 11 is 0. The molecule has 12 heteroatoms. The number of carbonyl (C=O) groups excluding carboxylic acids is 5. The molecule has 0 radical (unpaired) electrons. The second kappa shape index (κ2) is 17.2. The summed E-state index contributed by atoms with van der Waals surface area (Å²) < 4.78 is 30.2. The molecule has 1 atom stereocenters. The molecule has 0 saturated heterocycles. The van der Waals surface area contributed by atoms with E-state index in [1.165, 1.54) is 51.7 Å². The molecule has 0 bridgehead atoms. The standard InChI is InChI=1S/C39H39FN2O9/c1-23(2)42-32(18-16-28(43)20-29(44)21-33(45)49-3)34(26-12-14-27(40)15-13-26)35(25-9-7-6-8-10-25)36(42)37(46)41-22-24-11-17-30(38(47)50-4)31(19-24)39(48)51-5/h6-19,23,29,44H,20-22H2,1-5H3,(H,41,46)/t29-/m1/s1. The van der Waals surface area contributed by atoms with E-state index in [1.807, 2.05) is 44.2 Å². The second-order valence-electron chi connectivity index (χ2n) is 11.8. The van der Waals surface area contributed by atoms with Crippen LogP contribution >= 0.6 is 0 Å². The van der Waals surface area contributed by atoms with Crippen LogP contribution in [-0.4, -0.2) is 66.7 Å². The van der Waals surface area contributed by atoms with Crippen LogP contribution in [0, 0.1) is 5.82 Å². The van der Waals surface area contributed by atoms with Crippen LogP contribution in [-0.2, 0) is 30.3 Å². The molecule has 11 nitrogen and oxygen atoms in total. The third-order valence-corrected chi connectivity index (χ3v) is 8.01. The summed E-state index contributed by atoms with van der Waals surface area (Å²) in [5.74, 6) is -3.57. The average molecular weight is 699 g/mol. The number of nitrogens with zero attached hydrogens (tertiary/aromatic N) is 1. The third-order valence-electron chi connectivity index (χ3n) is 8.01. The number of allylic oxidation sites excluding steroid dienone is 1. The van der Waals surface area contributed by atoms with Gasteiger partial charge in [-0.2, -0.15) is 0 Å². The van der Waals surface area contributed by atoms with Gasteiger partial charge in [-0.15, -0.1) is 0 Å². The number of benzene rings is 3. The molecule has 1 amide bonds. The zero-order valence-electron chi connectivity index (χ0n) is 28.9. The number of aliphatic hydroxyl groups is 1. The molecular weight excluding hydrogens is 659 g/mol. The summed E-state index contributed by atoms with van der Waals surface area (Å²) in [6.07, 6.45) is 0.860. The summed E-state index contributed by atoms with van der Waals surface area (Å²) in [5, 5.41) is 13.2. The van der Waals surface area contributed by atoms with Crippen molar-refractivity contribution in [1.82, 2.24) is 9.88 Å². The number of aliphatic hydroxyl groups excluding tert-OH is 1. The number of carbonyl (C=O) groups is 5. The highest BCUT2D eigenvalue weighted by Crippen LogP contribution is 2.42. The molecule has 0 spiro atoms. The monoisotopic (exact) mass is 698 g/mol. The first-order valence-electron chi connectivity index (χ1n) is 16.0. The lowest BCUT2D eigenvalue weighted by atomic mass is 9.94. The Morgan fingerprint density at radius 2 is 1.43 bits per heavy atom. The van der Waals surface area contributed by atoms with Crippen molar-refractivity contribution >= 4 is 35.7 Å². The van der Waals surface area contributed by atoms with E-state index >= 15 is 0 Å². The first-order valence-corrected chi connectivity index (χ1v) is 16.0. The van der Waals surface area contributed by atoms with Crippen molar-refractivity contribution in [3.63, 3.8) is 0 Å². The fourth-order valence-electron chi connectivity index (χ4n) is 5.68. The predicted octanol–water partition coefficient (Wildman–Crippen LogP) is 5.94. The zero-order valence-corrected chi connectivity index (χ0v) is 28.9. The number of ether oxygens (including phenoxy) is 3. The second-order valence-corrected chi connectivity index (χ2v) is 11.8. The minimum atomic E-state index is -1.26. The number of rotatable bonds is 14. The number of methoxy groups -OCH3 is 3.